The molecule has 0 aliphatic rings. The van der Waals surface area contributed by atoms with Gasteiger partial charge in [0.05, 0.1) is 9.80 Å². The lowest BCUT2D eigenvalue weighted by atomic mass is 10.4. The number of hydrogen-bond donors (Lipinski definition) is 1. The number of rotatable bonds is 3. The molecule has 1 aromatic heterocycles. The maximum atomic E-state index is 10.5. The van der Waals surface area contributed by atoms with Crippen LogP contribution in [0.25, 0.3) is 0 Å². The zero-order valence-electron chi connectivity index (χ0n) is 8.65. The highest BCUT2D eigenvalue weighted by atomic mass is 32.1. The minimum absolute atomic E-state index is 0.0890. The number of nitrogens with zero attached hydrogens (tertiary/aromatic N) is 1. The molecule has 0 fully saturated rings. The topological polar surface area (TPSA) is 72.2 Å². The molecule has 0 aliphatic carbocycles. The number of carbonyl (C=O) groups is 1. The van der Waals surface area contributed by atoms with Gasteiger partial charge in [0, 0.05) is 26.0 Å². The SMILES string of the molecule is CC(=O)NCCC#Cc1ccc([N+](=O)[O-])s1. The molecule has 5 nitrogen and oxygen atoms in total. The molecule has 0 aromatic carbocycles. The van der Waals surface area contributed by atoms with Gasteiger partial charge in [0.2, 0.25) is 5.91 Å². The Labute approximate surface area is 96.6 Å². The summed E-state index contributed by atoms with van der Waals surface area (Å²) in [6.45, 7) is 1.94. The maximum Gasteiger partial charge on any atom is 0.325 e. The van der Waals surface area contributed by atoms with Crippen LogP contribution in [0.4, 0.5) is 5.00 Å². The molecule has 0 spiro atoms. The first-order valence-electron chi connectivity index (χ1n) is 4.57. The fourth-order valence-corrected chi connectivity index (χ4v) is 1.64. The van der Waals surface area contributed by atoms with Crippen molar-refractivity contribution in [3.63, 3.8) is 0 Å². The standard InChI is InChI=1S/C10H10N2O3S/c1-8(13)11-7-3-2-4-9-5-6-10(16-9)12(14)15/h5-6H,3,7H2,1H3,(H,11,13). The minimum atomic E-state index is -0.437. The average molecular weight is 238 g/mol. The molecule has 1 amide bonds. The maximum absolute atomic E-state index is 10.5. The van der Waals surface area contributed by atoms with Crippen LogP contribution in [0, 0.1) is 22.0 Å². The van der Waals surface area contributed by atoms with Crippen LogP contribution in [-0.2, 0) is 4.79 Å². The molecular weight excluding hydrogens is 228 g/mol. The van der Waals surface area contributed by atoms with Crippen molar-refractivity contribution in [2.45, 2.75) is 13.3 Å². The van der Waals surface area contributed by atoms with Crippen molar-refractivity contribution in [2.75, 3.05) is 6.54 Å². The first-order valence-corrected chi connectivity index (χ1v) is 5.39. The number of carbonyl (C=O) groups excluding carboxylic acids is 1. The number of nitrogens with one attached hydrogen (secondary N) is 1. The Morgan fingerprint density at radius 2 is 2.38 bits per heavy atom. The van der Waals surface area contributed by atoms with Crippen LogP contribution in [0.5, 0.6) is 0 Å². The second kappa shape index (κ2) is 5.88. The zero-order valence-corrected chi connectivity index (χ0v) is 9.47. The Kier molecular flexibility index (Phi) is 4.48. The largest absolute Gasteiger partial charge is 0.355 e. The van der Waals surface area contributed by atoms with Gasteiger partial charge < -0.3 is 5.32 Å². The summed E-state index contributed by atoms with van der Waals surface area (Å²) in [7, 11) is 0. The van der Waals surface area contributed by atoms with Crippen LogP contribution in [0.3, 0.4) is 0 Å². The third kappa shape index (κ3) is 4.11. The third-order valence-electron chi connectivity index (χ3n) is 1.61. The number of hydrogen-bond acceptors (Lipinski definition) is 4. The first-order chi connectivity index (χ1) is 7.59. The fraction of sp³-hybridized carbons (Fsp3) is 0.300. The van der Waals surface area contributed by atoms with Crippen LogP contribution in [0.15, 0.2) is 12.1 Å². The molecule has 0 atom stereocenters. The smallest absolute Gasteiger partial charge is 0.325 e. The lowest BCUT2D eigenvalue weighted by molar-refractivity contribution is -0.380. The highest BCUT2D eigenvalue weighted by Gasteiger charge is 2.07. The molecule has 16 heavy (non-hydrogen) atoms. The van der Waals surface area contributed by atoms with Gasteiger partial charge in [-0.2, -0.15) is 0 Å². The molecular formula is C10H10N2O3S. The van der Waals surface area contributed by atoms with Gasteiger partial charge in [-0.15, -0.1) is 0 Å². The lowest BCUT2D eigenvalue weighted by Gasteiger charge is -1.94. The molecule has 0 aliphatic heterocycles. The van der Waals surface area contributed by atoms with Crippen LogP contribution >= 0.6 is 11.3 Å². The van der Waals surface area contributed by atoms with Gasteiger partial charge in [-0.1, -0.05) is 23.2 Å². The molecule has 1 N–H and O–H groups in total. The van der Waals surface area contributed by atoms with Crippen LogP contribution < -0.4 is 5.32 Å². The molecule has 0 bridgehead atoms. The van der Waals surface area contributed by atoms with Gasteiger partial charge in [-0.25, -0.2) is 0 Å². The highest BCUT2D eigenvalue weighted by molar-refractivity contribution is 7.15. The Bertz CT molecular complexity index is 456. The lowest BCUT2D eigenvalue weighted by Crippen LogP contribution is -2.20. The van der Waals surface area contributed by atoms with Crippen LogP contribution in [0.1, 0.15) is 18.2 Å². The molecule has 0 saturated carbocycles. The van der Waals surface area contributed by atoms with Crippen molar-refractivity contribution in [1.29, 1.82) is 0 Å². The molecule has 0 unspecified atom stereocenters. The Hall–Kier alpha value is -1.87. The summed E-state index contributed by atoms with van der Waals surface area (Å²) < 4.78 is 0. The van der Waals surface area contributed by atoms with Gasteiger partial charge in [0.15, 0.2) is 0 Å². The van der Waals surface area contributed by atoms with E-state index in [1.807, 2.05) is 0 Å². The monoisotopic (exact) mass is 238 g/mol. The average Bonchev–Trinajstić information content (AvgIpc) is 2.65. The van der Waals surface area contributed by atoms with Gasteiger partial charge in [-0.05, 0) is 6.07 Å². The molecule has 0 saturated heterocycles. The Morgan fingerprint density at radius 1 is 1.62 bits per heavy atom. The number of nitro groups is 1. The number of amides is 1. The van der Waals surface area contributed by atoms with E-state index in [-0.39, 0.29) is 10.9 Å². The zero-order chi connectivity index (χ0) is 12.0. The van der Waals surface area contributed by atoms with Crippen molar-refractivity contribution in [1.82, 2.24) is 5.32 Å². The van der Waals surface area contributed by atoms with Crippen LogP contribution in [0.2, 0.25) is 0 Å². The van der Waals surface area contributed by atoms with Crippen molar-refractivity contribution in [2.24, 2.45) is 0 Å². The van der Waals surface area contributed by atoms with E-state index in [4.69, 9.17) is 0 Å². The summed E-state index contributed by atoms with van der Waals surface area (Å²) in [6, 6.07) is 3.05. The second-order valence-electron chi connectivity index (χ2n) is 2.93. The van der Waals surface area contributed by atoms with Crippen molar-refractivity contribution >= 4 is 22.2 Å². The van der Waals surface area contributed by atoms with Gasteiger partial charge in [0.25, 0.3) is 0 Å². The van der Waals surface area contributed by atoms with E-state index in [0.29, 0.717) is 17.8 Å². The normalized spacial score (nSPS) is 9.06. The first kappa shape index (κ1) is 12.2. The summed E-state index contributed by atoms with van der Waals surface area (Å²) in [6.07, 6.45) is 0.533. The summed E-state index contributed by atoms with van der Waals surface area (Å²) in [5.74, 6) is 5.55. The highest BCUT2D eigenvalue weighted by Crippen LogP contribution is 2.22. The minimum Gasteiger partial charge on any atom is -0.355 e. The molecule has 84 valence electrons. The number of thiophene rings is 1. The van der Waals surface area contributed by atoms with Crippen molar-refractivity contribution < 1.29 is 9.72 Å². The van der Waals surface area contributed by atoms with Gasteiger partial charge in [-0.3, -0.25) is 14.9 Å². The Morgan fingerprint density at radius 3 is 2.94 bits per heavy atom. The third-order valence-corrected chi connectivity index (χ3v) is 2.56. The van der Waals surface area contributed by atoms with Crippen molar-refractivity contribution in [3.05, 3.63) is 27.1 Å². The summed E-state index contributed by atoms with van der Waals surface area (Å²) in [5.41, 5.74) is 0. The van der Waals surface area contributed by atoms with E-state index in [1.54, 1.807) is 6.07 Å². The predicted molar refractivity (Wildman–Crippen MR) is 61.2 cm³/mol. The van der Waals surface area contributed by atoms with E-state index >= 15 is 0 Å². The van der Waals surface area contributed by atoms with Crippen LogP contribution in [-0.4, -0.2) is 17.4 Å². The molecule has 1 aromatic rings. The molecule has 6 heteroatoms. The second-order valence-corrected chi connectivity index (χ2v) is 3.99. The van der Waals surface area contributed by atoms with E-state index in [2.05, 4.69) is 17.2 Å². The summed E-state index contributed by atoms with van der Waals surface area (Å²) in [4.78, 5) is 21.1. The van der Waals surface area contributed by atoms with Gasteiger partial charge in [0.1, 0.15) is 0 Å². The predicted octanol–water partition coefficient (Wildman–Crippen LogP) is 1.53. The van der Waals surface area contributed by atoms with E-state index in [0.717, 1.165) is 11.3 Å². The van der Waals surface area contributed by atoms with Crippen molar-refractivity contribution in [3.8, 4) is 11.8 Å². The van der Waals surface area contributed by atoms with E-state index < -0.39 is 4.92 Å². The Balaban J connectivity index is 2.44. The van der Waals surface area contributed by atoms with Gasteiger partial charge >= 0.3 is 5.00 Å². The summed E-state index contributed by atoms with van der Waals surface area (Å²) in [5, 5.41) is 13.1. The summed E-state index contributed by atoms with van der Waals surface area (Å²) >= 11 is 1.05. The fourth-order valence-electron chi connectivity index (χ4n) is 0.944. The molecule has 1 heterocycles. The molecule has 0 radical (unpaired) electrons. The quantitative estimate of drug-likeness (QED) is 0.375. The van der Waals surface area contributed by atoms with E-state index in [9.17, 15) is 14.9 Å². The molecule has 1 rings (SSSR count). The van der Waals surface area contributed by atoms with E-state index in [1.165, 1.54) is 13.0 Å².